The van der Waals surface area contributed by atoms with E-state index in [1.807, 2.05) is 32.2 Å². The number of nitrogens with two attached hydrogens (primary N) is 1. The van der Waals surface area contributed by atoms with E-state index in [1.54, 1.807) is 71.8 Å². The van der Waals surface area contributed by atoms with Gasteiger partial charge in [0, 0.05) is 42.4 Å². The van der Waals surface area contributed by atoms with Crippen LogP contribution in [0.3, 0.4) is 0 Å². The number of carbonyl (C=O) groups is 2. The van der Waals surface area contributed by atoms with Gasteiger partial charge in [0.05, 0.1) is 30.4 Å². The van der Waals surface area contributed by atoms with Gasteiger partial charge in [0.15, 0.2) is 0 Å². The van der Waals surface area contributed by atoms with Crippen molar-refractivity contribution >= 4 is 50.2 Å². The number of hydrogen-bond donors (Lipinski definition) is 4. The van der Waals surface area contributed by atoms with Crippen molar-refractivity contribution in [2.75, 3.05) is 42.5 Å². The monoisotopic (exact) mass is 691 g/mol. The minimum absolute atomic E-state index is 0.0136. The fourth-order valence-corrected chi connectivity index (χ4v) is 7.63. The Kier molecular flexibility index (Phi) is 11.0. The van der Waals surface area contributed by atoms with Crippen LogP contribution in [-0.4, -0.2) is 74.0 Å². The molecule has 3 aromatic carbocycles. The van der Waals surface area contributed by atoms with E-state index < -0.39 is 16.1 Å². The Hall–Kier alpha value is -4.43. The van der Waals surface area contributed by atoms with Crippen molar-refractivity contribution in [3.63, 3.8) is 0 Å². The molecule has 0 saturated carbocycles. The van der Waals surface area contributed by atoms with Gasteiger partial charge < -0.3 is 25.8 Å². The van der Waals surface area contributed by atoms with Crippen molar-refractivity contribution in [1.82, 2.24) is 9.80 Å². The molecule has 4 aromatic rings. The first-order valence-corrected chi connectivity index (χ1v) is 18.0. The van der Waals surface area contributed by atoms with Gasteiger partial charge in [-0.25, -0.2) is 8.42 Å². The first-order valence-electron chi connectivity index (χ1n) is 15.6. The molecule has 48 heavy (non-hydrogen) atoms. The molecule has 0 fully saturated rings. The van der Waals surface area contributed by atoms with Gasteiger partial charge in [-0.3, -0.25) is 19.2 Å². The Morgan fingerprint density at radius 2 is 1.88 bits per heavy atom. The predicted molar refractivity (Wildman–Crippen MR) is 189 cm³/mol. The second-order valence-corrected chi connectivity index (χ2v) is 15.0. The van der Waals surface area contributed by atoms with Crippen LogP contribution in [-0.2, 0) is 27.8 Å². The number of amides is 2. The van der Waals surface area contributed by atoms with Crippen LogP contribution < -0.4 is 20.5 Å². The highest BCUT2D eigenvalue weighted by molar-refractivity contribution is 7.94. The van der Waals surface area contributed by atoms with Crippen molar-refractivity contribution in [1.29, 1.82) is 0 Å². The number of ether oxygens (including phenoxy) is 1. The zero-order chi connectivity index (χ0) is 34.4. The van der Waals surface area contributed by atoms with Crippen LogP contribution in [0.2, 0.25) is 0 Å². The SMILES string of the molecule is C[C@H]1CN([C@@H](C)CO)C(=O)Cc2cc(NS(=O)(=O)c3cccs3)ccc2O[C@H]1CN(C)Cc1ccc(C(=O)Nc2ccccc2N)cc1. The molecular formula is C35H41N5O6S2. The molecule has 0 aliphatic carbocycles. The molecule has 5 N–H and O–H groups in total. The van der Waals surface area contributed by atoms with Crippen LogP contribution in [0.25, 0.3) is 0 Å². The number of nitrogens with one attached hydrogen (secondary N) is 2. The number of carbonyl (C=O) groups excluding carboxylic acids is 2. The van der Waals surface area contributed by atoms with Crippen molar-refractivity contribution in [3.8, 4) is 5.75 Å². The lowest BCUT2D eigenvalue weighted by molar-refractivity contribution is -0.134. The number of rotatable bonds is 11. The second-order valence-electron chi connectivity index (χ2n) is 12.2. The van der Waals surface area contributed by atoms with E-state index in [0.29, 0.717) is 53.6 Å². The molecule has 0 bridgehead atoms. The van der Waals surface area contributed by atoms with Gasteiger partial charge in [0.25, 0.3) is 15.9 Å². The van der Waals surface area contributed by atoms with Crippen LogP contribution in [0.1, 0.15) is 35.3 Å². The smallest absolute Gasteiger partial charge is 0.271 e. The standard InChI is InChI=1S/C35H41N5O6S2/c1-23-19-40(24(2)22-41)33(42)18-27-17-28(38-48(44,45)34-9-6-16-47-34)14-15-31(27)46-32(23)21-39(3)20-25-10-12-26(13-11-25)35(43)37-30-8-5-4-7-29(30)36/h4-17,23-24,32,38,41H,18-22,36H2,1-3H3,(H,37,43)/t23-,24-,32-/m0/s1. The third-order valence-corrected chi connectivity index (χ3v) is 11.1. The predicted octanol–water partition coefficient (Wildman–Crippen LogP) is 4.66. The number of para-hydroxylation sites is 2. The number of hydrogen-bond acceptors (Lipinski definition) is 9. The quantitative estimate of drug-likeness (QED) is 0.166. The molecule has 0 unspecified atom stereocenters. The Morgan fingerprint density at radius 3 is 2.56 bits per heavy atom. The topological polar surface area (TPSA) is 154 Å². The Morgan fingerprint density at radius 1 is 1.12 bits per heavy atom. The number of fused-ring (bicyclic) bond motifs is 1. The summed E-state index contributed by atoms with van der Waals surface area (Å²) >= 11 is 1.12. The number of thiophene rings is 1. The third-order valence-electron chi connectivity index (χ3n) is 8.30. The Bertz CT molecular complexity index is 1830. The number of sulfonamides is 1. The van der Waals surface area contributed by atoms with Crippen molar-refractivity contribution in [2.24, 2.45) is 5.92 Å². The average Bonchev–Trinajstić information content (AvgIpc) is 3.62. The Balaban J connectivity index is 1.32. The lowest BCUT2D eigenvalue weighted by Crippen LogP contribution is -2.47. The molecule has 2 heterocycles. The second kappa shape index (κ2) is 15.2. The number of aliphatic hydroxyl groups is 1. The number of nitrogens with zero attached hydrogens (tertiary/aromatic N) is 2. The number of nitrogen functional groups attached to an aromatic ring is 1. The molecule has 1 aliphatic rings. The summed E-state index contributed by atoms with van der Waals surface area (Å²) in [7, 11) is -1.81. The number of likely N-dealkylation sites (N-methyl/N-ethyl adjacent to an activating group) is 1. The van der Waals surface area contributed by atoms with Crippen molar-refractivity contribution < 1.29 is 27.9 Å². The summed E-state index contributed by atoms with van der Waals surface area (Å²) in [5.41, 5.74) is 9.39. The average molecular weight is 692 g/mol. The minimum Gasteiger partial charge on any atom is -0.488 e. The molecular weight excluding hydrogens is 651 g/mol. The number of benzene rings is 3. The van der Waals surface area contributed by atoms with Crippen LogP contribution in [0, 0.1) is 5.92 Å². The van der Waals surface area contributed by atoms with Crippen LogP contribution in [0.4, 0.5) is 17.1 Å². The van der Waals surface area contributed by atoms with Crippen LogP contribution in [0.5, 0.6) is 5.75 Å². The summed E-state index contributed by atoms with van der Waals surface area (Å²) in [4.78, 5) is 30.1. The van der Waals surface area contributed by atoms with E-state index in [0.717, 1.165) is 16.9 Å². The summed E-state index contributed by atoms with van der Waals surface area (Å²) in [5, 5.41) is 14.5. The molecule has 0 radical (unpaired) electrons. The highest BCUT2D eigenvalue weighted by Crippen LogP contribution is 2.31. The third kappa shape index (κ3) is 8.53. The molecule has 1 aliphatic heterocycles. The van der Waals surface area contributed by atoms with Gasteiger partial charge >= 0.3 is 0 Å². The molecule has 5 rings (SSSR count). The van der Waals surface area contributed by atoms with Crippen molar-refractivity contribution in [3.05, 3.63) is 101 Å². The lowest BCUT2D eigenvalue weighted by Gasteiger charge is -2.34. The normalized spacial score (nSPS) is 17.4. The zero-order valence-corrected chi connectivity index (χ0v) is 28.8. The summed E-state index contributed by atoms with van der Waals surface area (Å²) in [6, 6.07) is 22.2. The van der Waals surface area contributed by atoms with E-state index in [1.165, 1.54) is 6.07 Å². The highest BCUT2D eigenvalue weighted by atomic mass is 32.2. The van der Waals surface area contributed by atoms with Crippen LogP contribution >= 0.6 is 11.3 Å². The first-order chi connectivity index (χ1) is 22.9. The summed E-state index contributed by atoms with van der Waals surface area (Å²) < 4.78 is 35.2. The maximum absolute atomic E-state index is 13.6. The van der Waals surface area contributed by atoms with E-state index in [-0.39, 0.29) is 41.1 Å². The van der Waals surface area contributed by atoms with E-state index in [9.17, 15) is 23.1 Å². The van der Waals surface area contributed by atoms with E-state index >= 15 is 0 Å². The maximum Gasteiger partial charge on any atom is 0.271 e. The number of anilines is 3. The highest BCUT2D eigenvalue weighted by Gasteiger charge is 2.31. The summed E-state index contributed by atoms with van der Waals surface area (Å²) in [6.07, 6.45) is -0.358. The van der Waals surface area contributed by atoms with Crippen LogP contribution in [0.15, 0.2) is 88.5 Å². The maximum atomic E-state index is 13.6. The minimum atomic E-state index is -3.79. The fourth-order valence-electron chi connectivity index (χ4n) is 5.58. The van der Waals surface area contributed by atoms with Gasteiger partial charge in [0.1, 0.15) is 16.1 Å². The van der Waals surface area contributed by atoms with E-state index in [4.69, 9.17) is 10.5 Å². The molecule has 0 spiro atoms. The van der Waals surface area contributed by atoms with E-state index in [2.05, 4.69) is 14.9 Å². The Labute approximate surface area is 285 Å². The van der Waals surface area contributed by atoms with Gasteiger partial charge in [0.2, 0.25) is 5.91 Å². The summed E-state index contributed by atoms with van der Waals surface area (Å²) in [6.45, 7) is 5.09. The molecule has 254 valence electrons. The molecule has 11 nitrogen and oxygen atoms in total. The summed E-state index contributed by atoms with van der Waals surface area (Å²) in [5.74, 6) is -0.0389. The van der Waals surface area contributed by atoms with Gasteiger partial charge in [-0.1, -0.05) is 37.3 Å². The largest absolute Gasteiger partial charge is 0.488 e. The molecule has 2 amide bonds. The van der Waals surface area contributed by atoms with Gasteiger partial charge in [-0.15, -0.1) is 11.3 Å². The molecule has 3 atom stereocenters. The van der Waals surface area contributed by atoms with Gasteiger partial charge in [-0.05, 0) is 73.4 Å². The first kappa shape index (κ1) is 34.9. The zero-order valence-electron chi connectivity index (χ0n) is 27.1. The van der Waals surface area contributed by atoms with Gasteiger partial charge in [-0.2, -0.15) is 0 Å². The molecule has 1 aromatic heterocycles. The molecule has 13 heteroatoms. The fraction of sp³-hybridized carbons (Fsp3) is 0.314. The number of aliphatic hydroxyl groups excluding tert-OH is 1. The lowest BCUT2D eigenvalue weighted by atomic mass is 10.0. The van der Waals surface area contributed by atoms with Crippen molar-refractivity contribution in [2.45, 2.75) is 43.2 Å². The molecule has 0 saturated heterocycles.